The van der Waals surface area contributed by atoms with Crippen LogP contribution in [0.1, 0.15) is 51.4 Å². The molecule has 0 rings (SSSR count). The smallest absolute Gasteiger partial charge is 0.306 e. The van der Waals surface area contributed by atoms with Crippen molar-refractivity contribution in [1.29, 1.82) is 0 Å². The molecule has 0 saturated carbocycles. The molecular formula is C13H23O6-. The maximum Gasteiger partial charge on any atom is 0.306 e. The molecule has 19 heavy (non-hydrogen) atoms. The number of unbranched alkanes of at least 4 members (excludes halogenated alkanes) is 5. The molecule has 6 heteroatoms. The van der Waals surface area contributed by atoms with E-state index >= 15 is 0 Å². The number of hydrogen-bond acceptors (Lipinski definition) is 6. The first kappa shape index (κ1) is 17.9. The van der Waals surface area contributed by atoms with Gasteiger partial charge >= 0.3 is 5.97 Å². The van der Waals surface area contributed by atoms with Crippen molar-refractivity contribution in [2.75, 3.05) is 13.2 Å². The topological polar surface area (TPSA) is 107 Å². The minimum atomic E-state index is -1.01. The Morgan fingerprint density at radius 1 is 0.895 bits per heavy atom. The van der Waals surface area contributed by atoms with Crippen molar-refractivity contribution in [3.8, 4) is 0 Å². The predicted molar refractivity (Wildman–Crippen MR) is 66.0 cm³/mol. The SMILES string of the molecule is O=C([O-])CCCCCCCCC(=O)OC(CO)CO. The molecule has 0 aliphatic rings. The lowest BCUT2D eigenvalue weighted by Crippen LogP contribution is -2.25. The van der Waals surface area contributed by atoms with Crippen LogP contribution in [-0.4, -0.2) is 41.5 Å². The Hall–Kier alpha value is -1.14. The van der Waals surface area contributed by atoms with Gasteiger partial charge in [-0.3, -0.25) is 4.79 Å². The van der Waals surface area contributed by atoms with Gasteiger partial charge in [0.1, 0.15) is 6.10 Å². The Kier molecular flexibility index (Phi) is 11.2. The van der Waals surface area contributed by atoms with Gasteiger partial charge in [-0.15, -0.1) is 0 Å². The Morgan fingerprint density at radius 2 is 1.37 bits per heavy atom. The second-order valence-electron chi connectivity index (χ2n) is 4.47. The summed E-state index contributed by atoms with van der Waals surface area (Å²) in [7, 11) is 0. The number of esters is 1. The van der Waals surface area contributed by atoms with E-state index in [0.717, 1.165) is 25.7 Å². The first-order chi connectivity index (χ1) is 9.10. The number of aliphatic carboxylic acids is 1. The predicted octanol–water partition coefficient (Wildman–Crippen LogP) is -0.246. The largest absolute Gasteiger partial charge is 0.550 e. The van der Waals surface area contributed by atoms with Crippen LogP contribution in [0.15, 0.2) is 0 Å². The van der Waals surface area contributed by atoms with Crippen LogP contribution in [0.3, 0.4) is 0 Å². The van der Waals surface area contributed by atoms with E-state index in [9.17, 15) is 14.7 Å². The van der Waals surface area contributed by atoms with Gasteiger partial charge in [0, 0.05) is 12.4 Å². The molecule has 0 amide bonds. The summed E-state index contributed by atoms with van der Waals surface area (Å²) < 4.78 is 4.81. The normalized spacial score (nSPS) is 10.7. The minimum absolute atomic E-state index is 0.107. The quantitative estimate of drug-likeness (QED) is 0.376. The highest BCUT2D eigenvalue weighted by Crippen LogP contribution is 2.09. The van der Waals surface area contributed by atoms with E-state index in [1.54, 1.807) is 0 Å². The molecule has 0 atom stereocenters. The molecule has 0 spiro atoms. The van der Waals surface area contributed by atoms with Crippen LogP contribution in [-0.2, 0) is 14.3 Å². The second kappa shape index (κ2) is 11.9. The average Bonchev–Trinajstić information content (AvgIpc) is 2.38. The van der Waals surface area contributed by atoms with Gasteiger partial charge < -0.3 is 24.9 Å². The number of carboxylic acids is 1. The monoisotopic (exact) mass is 275 g/mol. The molecule has 0 unspecified atom stereocenters. The van der Waals surface area contributed by atoms with Gasteiger partial charge in [0.25, 0.3) is 0 Å². The number of carbonyl (C=O) groups excluding carboxylic acids is 2. The van der Waals surface area contributed by atoms with Crippen LogP contribution in [0.4, 0.5) is 0 Å². The van der Waals surface area contributed by atoms with Crippen molar-refractivity contribution < 1.29 is 29.6 Å². The Labute approximate surface area is 113 Å². The fourth-order valence-corrected chi connectivity index (χ4v) is 1.62. The molecule has 0 saturated heterocycles. The number of aliphatic hydroxyl groups excluding tert-OH is 2. The Morgan fingerprint density at radius 3 is 1.84 bits per heavy atom. The van der Waals surface area contributed by atoms with Crippen LogP contribution < -0.4 is 5.11 Å². The molecule has 0 aromatic rings. The van der Waals surface area contributed by atoms with Gasteiger partial charge in [-0.25, -0.2) is 0 Å². The molecule has 0 aliphatic heterocycles. The van der Waals surface area contributed by atoms with Crippen LogP contribution in [0.5, 0.6) is 0 Å². The summed E-state index contributed by atoms with van der Waals surface area (Å²) in [6, 6.07) is 0. The molecule has 0 heterocycles. The molecule has 0 aromatic heterocycles. The highest BCUT2D eigenvalue weighted by Gasteiger charge is 2.11. The first-order valence-electron chi connectivity index (χ1n) is 6.71. The van der Waals surface area contributed by atoms with Crippen molar-refractivity contribution in [2.45, 2.75) is 57.5 Å². The summed E-state index contributed by atoms with van der Waals surface area (Å²) in [5.74, 6) is -1.42. The zero-order chi connectivity index (χ0) is 14.5. The van der Waals surface area contributed by atoms with Crippen molar-refractivity contribution in [3.05, 3.63) is 0 Å². The summed E-state index contributed by atoms with van der Waals surface area (Å²) in [5.41, 5.74) is 0. The lowest BCUT2D eigenvalue weighted by Gasteiger charge is -2.12. The number of rotatable bonds is 12. The summed E-state index contributed by atoms with van der Waals surface area (Å²) in [5, 5.41) is 27.6. The maximum atomic E-state index is 11.3. The summed E-state index contributed by atoms with van der Waals surface area (Å²) >= 11 is 0. The summed E-state index contributed by atoms with van der Waals surface area (Å²) in [4.78, 5) is 21.4. The van der Waals surface area contributed by atoms with E-state index in [1.165, 1.54) is 0 Å². The highest BCUT2D eigenvalue weighted by atomic mass is 16.6. The van der Waals surface area contributed by atoms with Gasteiger partial charge in [-0.05, 0) is 19.3 Å². The van der Waals surface area contributed by atoms with E-state index < -0.39 is 18.0 Å². The van der Waals surface area contributed by atoms with Crippen molar-refractivity contribution in [1.82, 2.24) is 0 Å². The van der Waals surface area contributed by atoms with Crippen LogP contribution >= 0.6 is 0 Å². The second-order valence-corrected chi connectivity index (χ2v) is 4.47. The number of aliphatic hydroxyl groups is 2. The van der Waals surface area contributed by atoms with E-state index in [0.29, 0.717) is 12.8 Å². The molecule has 6 nitrogen and oxygen atoms in total. The maximum absolute atomic E-state index is 11.3. The molecule has 0 radical (unpaired) electrons. The van der Waals surface area contributed by atoms with Gasteiger partial charge in [0.05, 0.1) is 13.2 Å². The third-order valence-electron chi connectivity index (χ3n) is 2.72. The lowest BCUT2D eigenvalue weighted by molar-refractivity contribution is -0.305. The number of carboxylic acid groups (broad SMARTS) is 1. The first-order valence-corrected chi connectivity index (χ1v) is 6.71. The molecule has 0 aliphatic carbocycles. The summed E-state index contributed by atoms with van der Waals surface area (Å²) in [6.45, 7) is -0.749. The molecule has 112 valence electrons. The zero-order valence-corrected chi connectivity index (χ0v) is 11.2. The van der Waals surface area contributed by atoms with E-state index in [1.807, 2.05) is 0 Å². The highest BCUT2D eigenvalue weighted by molar-refractivity contribution is 5.69. The summed E-state index contributed by atoms with van der Waals surface area (Å²) in [6.07, 6.45) is 4.52. The van der Waals surface area contributed by atoms with E-state index in [4.69, 9.17) is 14.9 Å². The molecular weight excluding hydrogens is 252 g/mol. The van der Waals surface area contributed by atoms with E-state index in [-0.39, 0.29) is 26.1 Å². The fraction of sp³-hybridized carbons (Fsp3) is 0.846. The van der Waals surface area contributed by atoms with Crippen molar-refractivity contribution in [2.24, 2.45) is 0 Å². The molecule has 0 fully saturated rings. The number of hydrogen-bond donors (Lipinski definition) is 2. The third kappa shape index (κ3) is 11.7. The minimum Gasteiger partial charge on any atom is -0.550 e. The van der Waals surface area contributed by atoms with Crippen LogP contribution in [0.25, 0.3) is 0 Å². The Balaban J connectivity index is 3.34. The van der Waals surface area contributed by atoms with Crippen LogP contribution in [0.2, 0.25) is 0 Å². The van der Waals surface area contributed by atoms with Crippen LogP contribution in [0, 0.1) is 0 Å². The van der Waals surface area contributed by atoms with Gasteiger partial charge in [-0.2, -0.15) is 0 Å². The van der Waals surface area contributed by atoms with Gasteiger partial charge in [-0.1, -0.05) is 25.7 Å². The fourth-order valence-electron chi connectivity index (χ4n) is 1.62. The number of ether oxygens (including phenoxy) is 1. The van der Waals surface area contributed by atoms with Crippen molar-refractivity contribution >= 4 is 11.9 Å². The standard InChI is InChI=1S/C13H24O6/c14-9-11(10-15)19-13(18)8-6-4-2-1-3-5-7-12(16)17/h11,14-15H,1-10H2,(H,16,17)/p-1. The molecule has 0 bridgehead atoms. The molecule has 0 aromatic carbocycles. The van der Waals surface area contributed by atoms with E-state index in [2.05, 4.69) is 0 Å². The average molecular weight is 275 g/mol. The number of carbonyl (C=O) groups is 2. The van der Waals surface area contributed by atoms with Gasteiger partial charge in [0.2, 0.25) is 0 Å². The third-order valence-corrected chi connectivity index (χ3v) is 2.72. The Bertz CT molecular complexity index is 250. The molecule has 2 N–H and O–H groups in total. The van der Waals surface area contributed by atoms with Crippen molar-refractivity contribution in [3.63, 3.8) is 0 Å². The van der Waals surface area contributed by atoms with Gasteiger partial charge in [0.15, 0.2) is 0 Å². The zero-order valence-electron chi connectivity index (χ0n) is 11.2. The lowest BCUT2D eigenvalue weighted by atomic mass is 10.1.